The third-order valence-corrected chi connectivity index (χ3v) is 5.01. The molecule has 0 saturated carbocycles. The number of H-pyrrole nitrogens is 1. The monoisotopic (exact) mass is 356 g/mol. The number of aryl methyl sites for hydroxylation is 1. The van der Waals surface area contributed by atoms with E-state index in [4.69, 9.17) is 4.74 Å². The van der Waals surface area contributed by atoms with Gasteiger partial charge in [0.05, 0.1) is 7.11 Å². The maximum atomic E-state index is 12.4. The highest BCUT2D eigenvalue weighted by Gasteiger charge is 2.20. The Morgan fingerprint density at radius 1 is 1.12 bits per heavy atom. The number of nitrogens with one attached hydrogen (secondary N) is 1. The Hall–Kier alpha value is -2.50. The van der Waals surface area contributed by atoms with Crippen LogP contribution in [0.1, 0.15) is 31.0 Å². The van der Waals surface area contributed by atoms with Gasteiger partial charge in [-0.25, -0.2) is 4.98 Å². The summed E-state index contributed by atoms with van der Waals surface area (Å²) < 4.78 is 5.22. The first-order valence-electron chi connectivity index (χ1n) is 9.36. The molecule has 26 heavy (non-hydrogen) atoms. The Morgan fingerprint density at radius 3 is 2.35 bits per heavy atom. The van der Waals surface area contributed by atoms with Gasteiger partial charge in [-0.2, -0.15) is 0 Å². The summed E-state index contributed by atoms with van der Waals surface area (Å²) in [7, 11) is 1.68. The van der Waals surface area contributed by atoms with E-state index < -0.39 is 0 Å². The number of methoxy groups -OCH3 is 1. The first-order valence-corrected chi connectivity index (χ1v) is 9.36. The summed E-state index contributed by atoms with van der Waals surface area (Å²) in [4.78, 5) is 24.6. The lowest BCUT2D eigenvalue weighted by atomic mass is 10.1. The number of benzene rings is 1. The van der Waals surface area contributed by atoms with Crippen LogP contribution in [0.3, 0.4) is 0 Å². The van der Waals surface area contributed by atoms with Gasteiger partial charge in [-0.15, -0.1) is 0 Å². The maximum Gasteiger partial charge on any atom is 0.255 e. The van der Waals surface area contributed by atoms with Crippen LogP contribution in [0.25, 0.3) is 0 Å². The van der Waals surface area contributed by atoms with Crippen LogP contribution >= 0.6 is 0 Å². The molecule has 1 N–H and O–H groups in total. The van der Waals surface area contributed by atoms with Crippen molar-refractivity contribution in [2.75, 3.05) is 43.1 Å². The molecule has 1 aromatic heterocycles. The number of anilines is 2. The molecular formula is C20H28N4O2. The van der Waals surface area contributed by atoms with E-state index in [0.717, 1.165) is 62.4 Å². The van der Waals surface area contributed by atoms with Gasteiger partial charge in [0.2, 0.25) is 5.95 Å². The van der Waals surface area contributed by atoms with E-state index in [1.54, 1.807) is 7.11 Å². The topological polar surface area (TPSA) is 61.5 Å². The largest absolute Gasteiger partial charge is 0.497 e. The van der Waals surface area contributed by atoms with Crippen LogP contribution in [0.4, 0.5) is 11.6 Å². The van der Waals surface area contributed by atoms with E-state index in [1.807, 2.05) is 19.1 Å². The van der Waals surface area contributed by atoms with Gasteiger partial charge in [-0.05, 0) is 44.0 Å². The summed E-state index contributed by atoms with van der Waals surface area (Å²) in [5.74, 6) is 1.56. The molecule has 1 saturated heterocycles. The van der Waals surface area contributed by atoms with Crippen LogP contribution in [-0.4, -0.2) is 43.3 Å². The van der Waals surface area contributed by atoms with Crippen molar-refractivity contribution in [3.63, 3.8) is 0 Å². The van der Waals surface area contributed by atoms with Crippen molar-refractivity contribution in [1.29, 1.82) is 0 Å². The zero-order chi connectivity index (χ0) is 18.5. The minimum Gasteiger partial charge on any atom is -0.497 e. The predicted octanol–water partition coefficient (Wildman–Crippen LogP) is 2.76. The van der Waals surface area contributed by atoms with E-state index >= 15 is 0 Å². The van der Waals surface area contributed by atoms with Crippen molar-refractivity contribution in [3.8, 4) is 5.75 Å². The summed E-state index contributed by atoms with van der Waals surface area (Å²) >= 11 is 0. The molecule has 0 amide bonds. The van der Waals surface area contributed by atoms with Crippen LogP contribution in [0.2, 0.25) is 0 Å². The van der Waals surface area contributed by atoms with Crippen LogP contribution in [0, 0.1) is 6.92 Å². The Balaban J connectivity index is 1.66. The van der Waals surface area contributed by atoms with Gasteiger partial charge in [0.1, 0.15) is 5.75 Å². The first-order chi connectivity index (χ1) is 12.6. The molecule has 0 atom stereocenters. The minimum atomic E-state index is 0.0125. The molecule has 0 spiro atoms. The van der Waals surface area contributed by atoms with Crippen LogP contribution < -0.4 is 20.1 Å². The summed E-state index contributed by atoms with van der Waals surface area (Å²) in [6, 6.07) is 8.14. The summed E-state index contributed by atoms with van der Waals surface area (Å²) in [6.45, 7) is 7.54. The Morgan fingerprint density at radius 2 is 1.77 bits per heavy atom. The molecular weight excluding hydrogens is 328 g/mol. The molecule has 0 unspecified atom stereocenters. The van der Waals surface area contributed by atoms with Gasteiger partial charge < -0.3 is 14.5 Å². The lowest BCUT2D eigenvalue weighted by Gasteiger charge is -2.36. The fraction of sp³-hybridized carbons (Fsp3) is 0.500. The number of nitrogens with zero attached hydrogens (tertiary/aromatic N) is 3. The zero-order valence-electron chi connectivity index (χ0n) is 15.9. The molecule has 1 aliphatic rings. The molecule has 6 nitrogen and oxygen atoms in total. The van der Waals surface area contributed by atoms with Crippen molar-refractivity contribution in [2.45, 2.75) is 33.1 Å². The van der Waals surface area contributed by atoms with Gasteiger partial charge in [0.25, 0.3) is 5.56 Å². The standard InChI is InChI=1S/C20H28N4O2/c1-4-5-6-18-15(2)21-20(22-19(18)25)24-13-11-23(12-14-24)16-7-9-17(26-3)10-8-16/h7-10H,4-6,11-14H2,1-3H3,(H,21,22,25). The highest BCUT2D eigenvalue weighted by atomic mass is 16.5. The first kappa shape index (κ1) is 18.3. The fourth-order valence-corrected chi connectivity index (χ4v) is 3.36. The Kier molecular flexibility index (Phi) is 5.81. The number of piperazine rings is 1. The third-order valence-electron chi connectivity index (χ3n) is 5.01. The lowest BCUT2D eigenvalue weighted by Crippen LogP contribution is -2.47. The number of unbranched alkanes of at least 4 members (excludes halogenated alkanes) is 1. The molecule has 1 fully saturated rings. The molecule has 1 aromatic carbocycles. The van der Waals surface area contributed by atoms with Gasteiger partial charge >= 0.3 is 0 Å². The van der Waals surface area contributed by atoms with Crippen molar-refractivity contribution in [3.05, 3.63) is 45.9 Å². The Bertz CT molecular complexity index is 777. The molecule has 6 heteroatoms. The van der Waals surface area contributed by atoms with Gasteiger partial charge in [0, 0.05) is 43.1 Å². The van der Waals surface area contributed by atoms with Crippen molar-refractivity contribution in [2.24, 2.45) is 0 Å². The minimum absolute atomic E-state index is 0.0125. The van der Waals surface area contributed by atoms with Gasteiger partial charge in [-0.3, -0.25) is 9.78 Å². The second-order valence-corrected chi connectivity index (χ2v) is 6.73. The van der Waals surface area contributed by atoms with Gasteiger partial charge in [-0.1, -0.05) is 13.3 Å². The molecule has 3 rings (SSSR count). The molecule has 0 aliphatic carbocycles. The molecule has 0 radical (unpaired) electrons. The smallest absolute Gasteiger partial charge is 0.255 e. The predicted molar refractivity (Wildman–Crippen MR) is 106 cm³/mol. The highest BCUT2D eigenvalue weighted by molar-refractivity contribution is 5.50. The highest BCUT2D eigenvalue weighted by Crippen LogP contribution is 2.21. The molecule has 2 heterocycles. The zero-order valence-corrected chi connectivity index (χ0v) is 15.9. The van der Waals surface area contributed by atoms with E-state index in [0.29, 0.717) is 5.95 Å². The van der Waals surface area contributed by atoms with E-state index in [1.165, 1.54) is 5.69 Å². The maximum absolute atomic E-state index is 12.4. The quantitative estimate of drug-likeness (QED) is 0.862. The van der Waals surface area contributed by atoms with E-state index in [9.17, 15) is 4.79 Å². The van der Waals surface area contributed by atoms with E-state index in [-0.39, 0.29) is 5.56 Å². The summed E-state index contributed by atoms with van der Waals surface area (Å²) in [5, 5.41) is 0. The lowest BCUT2D eigenvalue weighted by molar-refractivity contribution is 0.415. The van der Waals surface area contributed by atoms with Crippen LogP contribution in [0.5, 0.6) is 5.75 Å². The molecule has 140 valence electrons. The van der Waals surface area contributed by atoms with E-state index in [2.05, 4.69) is 38.8 Å². The normalized spacial score (nSPS) is 14.6. The molecule has 1 aliphatic heterocycles. The average molecular weight is 356 g/mol. The number of hydrogen-bond acceptors (Lipinski definition) is 5. The average Bonchev–Trinajstić information content (AvgIpc) is 2.67. The third kappa shape index (κ3) is 4.00. The van der Waals surface area contributed by atoms with Crippen molar-refractivity contribution >= 4 is 11.6 Å². The Labute approximate surface area is 154 Å². The second kappa shape index (κ2) is 8.25. The molecule has 2 aromatic rings. The summed E-state index contributed by atoms with van der Waals surface area (Å²) in [5.41, 5.74) is 2.89. The fourth-order valence-electron chi connectivity index (χ4n) is 3.36. The van der Waals surface area contributed by atoms with Gasteiger partial charge in [0.15, 0.2) is 0 Å². The number of ether oxygens (including phenoxy) is 1. The second-order valence-electron chi connectivity index (χ2n) is 6.73. The number of aromatic amines is 1. The van der Waals surface area contributed by atoms with Crippen molar-refractivity contribution in [1.82, 2.24) is 9.97 Å². The van der Waals surface area contributed by atoms with Crippen LogP contribution in [-0.2, 0) is 6.42 Å². The molecule has 0 bridgehead atoms. The number of rotatable bonds is 6. The van der Waals surface area contributed by atoms with Crippen LogP contribution in [0.15, 0.2) is 29.1 Å². The summed E-state index contributed by atoms with van der Waals surface area (Å²) in [6.07, 6.45) is 2.90. The van der Waals surface area contributed by atoms with Crippen molar-refractivity contribution < 1.29 is 4.74 Å². The number of hydrogen-bond donors (Lipinski definition) is 1. The SMILES string of the molecule is CCCCc1c(C)nc(N2CCN(c3ccc(OC)cc3)CC2)[nH]c1=O. The number of aromatic nitrogens is 2.